The Bertz CT molecular complexity index is 240. The molecule has 0 aliphatic heterocycles. The van der Waals surface area contributed by atoms with Crippen LogP contribution in [0, 0.1) is 5.92 Å². The molecule has 0 spiro atoms. The van der Waals surface area contributed by atoms with Crippen molar-refractivity contribution in [2.24, 2.45) is 5.92 Å². The zero-order valence-electron chi connectivity index (χ0n) is 9.52. The van der Waals surface area contributed by atoms with Crippen molar-refractivity contribution in [2.45, 2.75) is 38.3 Å². The predicted octanol–water partition coefficient (Wildman–Crippen LogP) is 2.63. The van der Waals surface area contributed by atoms with Gasteiger partial charge in [0.05, 0.1) is 6.54 Å². The van der Waals surface area contributed by atoms with E-state index in [0.29, 0.717) is 6.42 Å². The summed E-state index contributed by atoms with van der Waals surface area (Å²) >= 11 is 0. The minimum absolute atomic E-state index is 0.131. The Balaban J connectivity index is 2.42. The Morgan fingerprint density at radius 2 is 2.00 bits per heavy atom. The van der Waals surface area contributed by atoms with Gasteiger partial charge in [-0.15, -0.1) is 0 Å². The summed E-state index contributed by atoms with van der Waals surface area (Å²) < 4.78 is 36.3. The molecule has 0 aromatic rings. The van der Waals surface area contributed by atoms with Crippen molar-refractivity contribution in [1.29, 1.82) is 0 Å². The molecule has 16 heavy (non-hydrogen) atoms. The molecule has 0 amide bonds. The summed E-state index contributed by atoms with van der Waals surface area (Å²) in [5.41, 5.74) is 0. The number of Topliss-reactive ketones (excluding diaryl/α,β-unsaturated/α-hetero) is 1. The summed E-state index contributed by atoms with van der Waals surface area (Å²) in [7, 11) is 1.42. The molecule has 0 aromatic carbocycles. The van der Waals surface area contributed by atoms with Gasteiger partial charge in [-0.05, 0) is 19.9 Å². The average molecular weight is 237 g/mol. The summed E-state index contributed by atoms with van der Waals surface area (Å²) in [5.74, 6) is -0.0682. The first-order chi connectivity index (χ1) is 7.38. The van der Waals surface area contributed by atoms with Crippen LogP contribution in [0.3, 0.4) is 0 Å². The van der Waals surface area contributed by atoms with E-state index < -0.39 is 12.7 Å². The Kier molecular flexibility index (Phi) is 4.77. The fourth-order valence-electron chi connectivity index (χ4n) is 2.17. The Labute approximate surface area is 93.8 Å². The first-order valence-electron chi connectivity index (χ1n) is 5.66. The molecular formula is C11H18F3NO. The number of alkyl halides is 3. The van der Waals surface area contributed by atoms with Gasteiger partial charge in [0.25, 0.3) is 0 Å². The zero-order chi connectivity index (χ0) is 12.2. The lowest BCUT2D eigenvalue weighted by molar-refractivity contribution is -0.146. The third-order valence-corrected chi connectivity index (χ3v) is 2.91. The maximum absolute atomic E-state index is 12.1. The van der Waals surface area contributed by atoms with Crippen molar-refractivity contribution in [3.63, 3.8) is 0 Å². The normalized spacial score (nSPS) is 23.6. The van der Waals surface area contributed by atoms with Crippen LogP contribution in [0.4, 0.5) is 13.2 Å². The molecule has 1 rings (SSSR count). The molecule has 1 unspecified atom stereocenters. The second-order valence-electron chi connectivity index (χ2n) is 4.57. The van der Waals surface area contributed by atoms with E-state index >= 15 is 0 Å². The van der Waals surface area contributed by atoms with Gasteiger partial charge < -0.3 is 0 Å². The molecule has 5 heteroatoms. The van der Waals surface area contributed by atoms with Crippen molar-refractivity contribution < 1.29 is 18.0 Å². The Hall–Kier alpha value is -0.580. The molecule has 0 saturated heterocycles. The van der Waals surface area contributed by atoms with E-state index in [1.165, 1.54) is 11.9 Å². The molecule has 1 aliphatic carbocycles. The second kappa shape index (κ2) is 5.66. The van der Waals surface area contributed by atoms with Crippen LogP contribution in [0.25, 0.3) is 0 Å². The summed E-state index contributed by atoms with van der Waals surface area (Å²) in [5, 5.41) is 0. The van der Waals surface area contributed by atoms with Gasteiger partial charge in [-0.3, -0.25) is 9.69 Å². The summed E-state index contributed by atoms with van der Waals surface area (Å²) in [4.78, 5) is 12.8. The third kappa shape index (κ3) is 4.96. The fourth-order valence-corrected chi connectivity index (χ4v) is 2.17. The van der Waals surface area contributed by atoms with Crippen LogP contribution in [-0.4, -0.2) is 37.0 Å². The van der Waals surface area contributed by atoms with E-state index in [1.807, 2.05) is 0 Å². The Morgan fingerprint density at radius 1 is 1.31 bits per heavy atom. The molecule has 2 nitrogen and oxygen atoms in total. The van der Waals surface area contributed by atoms with E-state index in [1.54, 1.807) is 0 Å². The van der Waals surface area contributed by atoms with Crippen molar-refractivity contribution in [3.8, 4) is 0 Å². The number of hydrogen-bond acceptors (Lipinski definition) is 2. The monoisotopic (exact) mass is 237 g/mol. The molecular weight excluding hydrogens is 219 g/mol. The average Bonchev–Trinajstić information content (AvgIpc) is 2.29. The maximum Gasteiger partial charge on any atom is 0.401 e. The molecule has 1 atom stereocenters. The molecule has 1 saturated carbocycles. The van der Waals surface area contributed by atoms with Crippen LogP contribution < -0.4 is 0 Å². The van der Waals surface area contributed by atoms with E-state index in [-0.39, 0.29) is 18.2 Å². The van der Waals surface area contributed by atoms with Crippen molar-refractivity contribution in [1.82, 2.24) is 4.90 Å². The van der Waals surface area contributed by atoms with Gasteiger partial charge in [0.2, 0.25) is 0 Å². The molecule has 0 radical (unpaired) electrons. The number of halogens is 3. The molecule has 0 N–H and O–H groups in total. The minimum Gasteiger partial charge on any atom is -0.299 e. The predicted molar refractivity (Wildman–Crippen MR) is 55.1 cm³/mol. The number of ketones is 1. The topological polar surface area (TPSA) is 20.3 Å². The van der Waals surface area contributed by atoms with Crippen LogP contribution in [0.5, 0.6) is 0 Å². The standard InChI is InChI=1S/C11H18F3NO/c1-15(8-11(12,13)14)7-9-5-3-2-4-6-10(9)16/h9H,2-8H2,1H3. The molecule has 0 bridgehead atoms. The van der Waals surface area contributed by atoms with E-state index in [4.69, 9.17) is 0 Å². The highest BCUT2D eigenvalue weighted by Crippen LogP contribution is 2.22. The smallest absolute Gasteiger partial charge is 0.299 e. The number of carbonyl (C=O) groups excluding carboxylic acids is 1. The van der Waals surface area contributed by atoms with E-state index in [0.717, 1.165) is 25.7 Å². The lowest BCUT2D eigenvalue weighted by atomic mass is 9.98. The summed E-state index contributed by atoms with van der Waals surface area (Å²) in [6, 6.07) is 0. The lowest BCUT2D eigenvalue weighted by Crippen LogP contribution is -2.36. The molecule has 0 aromatic heterocycles. The van der Waals surface area contributed by atoms with Crippen molar-refractivity contribution in [3.05, 3.63) is 0 Å². The number of hydrogen-bond donors (Lipinski definition) is 0. The van der Waals surface area contributed by atoms with Gasteiger partial charge >= 0.3 is 6.18 Å². The summed E-state index contributed by atoms with van der Waals surface area (Å²) in [6.07, 6.45) is -0.0477. The van der Waals surface area contributed by atoms with Crippen LogP contribution in [0.15, 0.2) is 0 Å². The third-order valence-electron chi connectivity index (χ3n) is 2.91. The first kappa shape index (κ1) is 13.5. The largest absolute Gasteiger partial charge is 0.401 e. The molecule has 1 fully saturated rings. The van der Waals surface area contributed by atoms with Crippen LogP contribution >= 0.6 is 0 Å². The second-order valence-corrected chi connectivity index (χ2v) is 4.57. The minimum atomic E-state index is -4.18. The quantitative estimate of drug-likeness (QED) is 0.703. The van der Waals surface area contributed by atoms with Gasteiger partial charge in [0, 0.05) is 18.9 Å². The van der Waals surface area contributed by atoms with Crippen LogP contribution in [0.2, 0.25) is 0 Å². The highest BCUT2D eigenvalue weighted by Gasteiger charge is 2.31. The molecule has 0 heterocycles. The van der Waals surface area contributed by atoms with Gasteiger partial charge in [0.15, 0.2) is 0 Å². The lowest BCUT2D eigenvalue weighted by Gasteiger charge is -2.23. The molecule has 1 aliphatic rings. The highest BCUT2D eigenvalue weighted by molar-refractivity contribution is 5.81. The van der Waals surface area contributed by atoms with Gasteiger partial charge in [-0.1, -0.05) is 12.8 Å². The van der Waals surface area contributed by atoms with Crippen LogP contribution in [0.1, 0.15) is 32.1 Å². The summed E-state index contributed by atoms with van der Waals surface area (Å²) in [6.45, 7) is -0.699. The highest BCUT2D eigenvalue weighted by atomic mass is 19.4. The van der Waals surface area contributed by atoms with E-state index in [2.05, 4.69) is 0 Å². The molecule has 94 valence electrons. The van der Waals surface area contributed by atoms with Crippen LogP contribution in [-0.2, 0) is 4.79 Å². The maximum atomic E-state index is 12.1. The SMILES string of the molecule is CN(CC1CCCCCC1=O)CC(F)(F)F. The Morgan fingerprint density at radius 3 is 2.62 bits per heavy atom. The number of carbonyl (C=O) groups is 1. The number of rotatable bonds is 3. The van der Waals surface area contributed by atoms with Gasteiger partial charge in [-0.25, -0.2) is 0 Å². The van der Waals surface area contributed by atoms with Crippen molar-refractivity contribution >= 4 is 5.78 Å². The van der Waals surface area contributed by atoms with Gasteiger partial charge in [-0.2, -0.15) is 13.2 Å². The van der Waals surface area contributed by atoms with E-state index in [9.17, 15) is 18.0 Å². The van der Waals surface area contributed by atoms with Gasteiger partial charge in [0.1, 0.15) is 5.78 Å². The zero-order valence-corrected chi connectivity index (χ0v) is 9.52. The number of nitrogens with zero attached hydrogens (tertiary/aromatic N) is 1. The first-order valence-corrected chi connectivity index (χ1v) is 5.66. The van der Waals surface area contributed by atoms with Crippen molar-refractivity contribution in [2.75, 3.05) is 20.1 Å². The fraction of sp³-hybridized carbons (Fsp3) is 0.909.